The van der Waals surface area contributed by atoms with Crippen molar-refractivity contribution < 1.29 is 24.4 Å². The highest BCUT2D eigenvalue weighted by atomic mass is 19.1. The molecule has 1 aliphatic heterocycles. The molecule has 2 aromatic heterocycles. The molecule has 5 N–H and O–H groups in total. The minimum absolute atomic E-state index is 0.0131. The number of anilines is 1. The first kappa shape index (κ1) is 17.5. The van der Waals surface area contributed by atoms with Gasteiger partial charge in [0, 0.05) is 6.20 Å². The second-order valence-electron chi connectivity index (χ2n) is 7.29. The summed E-state index contributed by atoms with van der Waals surface area (Å²) in [6.07, 6.45) is -1.89. The van der Waals surface area contributed by atoms with Gasteiger partial charge in [-0.2, -0.15) is 0 Å². The number of nitrogens with two attached hydrogens (primary N) is 1. The van der Waals surface area contributed by atoms with E-state index in [4.69, 9.17) is 10.5 Å². The lowest BCUT2D eigenvalue weighted by molar-refractivity contribution is -0.0849. The molecule has 1 fully saturated rings. The Morgan fingerprint density at radius 3 is 2.68 bits per heavy atom. The molecule has 2 aliphatic rings. The number of fused-ring (bicyclic) bond motifs is 2. The Kier molecular flexibility index (Phi) is 3.88. The van der Waals surface area contributed by atoms with Crippen molar-refractivity contribution >= 4 is 16.9 Å². The Bertz CT molecular complexity index is 1070. The van der Waals surface area contributed by atoms with Crippen LogP contribution in [-0.4, -0.2) is 48.2 Å². The SMILES string of the molecule is Nc1ncnc2c1c(F)cn2[C@@H]1O[C@H](C(O)c2ccc3c(c2)CC3)[C@@H](O)[C@H]1O. The van der Waals surface area contributed by atoms with E-state index in [9.17, 15) is 19.7 Å². The summed E-state index contributed by atoms with van der Waals surface area (Å²) < 4.78 is 21.4. The lowest BCUT2D eigenvalue weighted by atomic mass is 9.85. The summed E-state index contributed by atoms with van der Waals surface area (Å²) in [6.45, 7) is 0. The van der Waals surface area contributed by atoms with Gasteiger partial charge in [0.2, 0.25) is 0 Å². The highest BCUT2D eigenvalue weighted by Gasteiger charge is 2.48. The van der Waals surface area contributed by atoms with Gasteiger partial charge in [0.15, 0.2) is 17.7 Å². The third kappa shape index (κ3) is 2.44. The maximum Gasteiger partial charge on any atom is 0.164 e. The van der Waals surface area contributed by atoms with Crippen molar-refractivity contribution in [3.63, 3.8) is 0 Å². The molecule has 0 amide bonds. The Hall–Kier alpha value is -2.59. The van der Waals surface area contributed by atoms with Crippen LogP contribution in [0.5, 0.6) is 0 Å². The summed E-state index contributed by atoms with van der Waals surface area (Å²) >= 11 is 0. The van der Waals surface area contributed by atoms with Crippen LogP contribution in [0.1, 0.15) is 29.0 Å². The van der Waals surface area contributed by atoms with Gasteiger partial charge in [-0.05, 0) is 29.5 Å². The van der Waals surface area contributed by atoms with Gasteiger partial charge in [-0.15, -0.1) is 0 Å². The molecule has 1 aromatic carbocycles. The van der Waals surface area contributed by atoms with E-state index in [0.29, 0.717) is 5.56 Å². The molecule has 1 aliphatic carbocycles. The molecule has 3 aromatic rings. The Labute approximate surface area is 159 Å². The maximum absolute atomic E-state index is 14.3. The van der Waals surface area contributed by atoms with Crippen LogP contribution in [0.2, 0.25) is 0 Å². The zero-order valence-electron chi connectivity index (χ0n) is 14.7. The van der Waals surface area contributed by atoms with E-state index in [1.165, 1.54) is 16.5 Å². The van der Waals surface area contributed by atoms with Crippen LogP contribution in [-0.2, 0) is 17.6 Å². The number of aliphatic hydroxyl groups is 3. The van der Waals surface area contributed by atoms with Gasteiger partial charge < -0.3 is 30.4 Å². The van der Waals surface area contributed by atoms with E-state index in [1.54, 1.807) is 6.07 Å². The summed E-state index contributed by atoms with van der Waals surface area (Å²) in [4.78, 5) is 7.79. The minimum Gasteiger partial charge on any atom is -0.387 e. The van der Waals surface area contributed by atoms with Gasteiger partial charge >= 0.3 is 0 Å². The van der Waals surface area contributed by atoms with Crippen molar-refractivity contribution in [1.82, 2.24) is 14.5 Å². The number of hydrogen-bond donors (Lipinski definition) is 4. The average molecular weight is 386 g/mol. The number of halogens is 1. The lowest BCUT2D eigenvalue weighted by Crippen LogP contribution is -2.35. The normalized spacial score (nSPS) is 27.6. The molecule has 5 atom stereocenters. The molecule has 9 heteroatoms. The molecule has 8 nitrogen and oxygen atoms in total. The van der Waals surface area contributed by atoms with E-state index in [2.05, 4.69) is 9.97 Å². The molecule has 0 bridgehead atoms. The fraction of sp³-hybridized carbons (Fsp3) is 0.368. The number of aromatic nitrogens is 3. The molecule has 0 spiro atoms. The highest BCUT2D eigenvalue weighted by molar-refractivity contribution is 5.86. The first-order valence-corrected chi connectivity index (χ1v) is 9.03. The van der Waals surface area contributed by atoms with Crippen LogP contribution < -0.4 is 5.73 Å². The molecular formula is C19H19FN4O4. The number of nitrogen functional groups attached to an aromatic ring is 1. The number of hydrogen-bond acceptors (Lipinski definition) is 7. The van der Waals surface area contributed by atoms with Gasteiger partial charge in [-0.25, -0.2) is 14.4 Å². The standard InChI is InChI=1S/C19H19FN4O4/c20-11-6-24(18-12(11)17(21)22-7-23-18)19-15(27)14(26)16(28-19)13(25)10-4-2-8-1-3-9(8)5-10/h2,4-7,13-16,19,25-27H,1,3H2,(H2,21,22,23)/t13?,14-,15+,16+,19+/m0/s1. The molecule has 1 unspecified atom stereocenters. The lowest BCUT2D eigenvalue weighted by Gasteiger charge is -2.25. The molecule has 1 saturated heterocycles. The monoisotopic (exact) mass is 386 g/mol. The van der Waals surface area contributed by atoms with Crippen LogP contribution in [0.3, 0.4) is 0 Å². The van der Waals surface area contributed by atoms with Gasteiger partial charge in [0.25, 0.3) is 0 Å². The van der Waals surface area contributed by atoms with Crippen molar-refractivity contribution in [3.8, 4) is 0 Å². The van der Waals surface area contributed by atoms with Crippen LogP contribution in [0.4, 0.5) is 10.2 Å². The summed E-state index contributed by atoms with van der Waals surface area (Å²) in [5, 5.41) is 31.8. The van der Waals surface area contributed by atoms with E-state index in [-0.39, 0.29) is 16.9 Å². The van der Waals surface area contributed by atoms with E-state index < -0.39 is 36.5 Å². The third-order valence-corrected chi connectivity index (χ3v) is 5.69. The highest BCUT2D eigenvalue weighted by Crippen LogP contribution is 2.39. The van der Waals surface area contributed by atoms with Crippen molar-refractivity contribution in [1.29, 1.82) is 0 Å². The Morgan fingerprint density at radius 1 is 1.18 bits per heavy atom. The number of nitrogens with zero attached hydrogens (tertiary/aromatic N) is 3. The molecule has 0 radical (unpaired) electrons. The Balaban J connectivity index is 1.48. The number of ether oxygens (including phenoxy) is 1. The zero-order valence-corrected chi connectivity index (χ0v) is 14.7. The van der Waals surface area contributed by atoms with E-state index >= 15 is 0 Å². The number of benzene rings is 1. The average Bonchev–Trinajstić information content (AvgIpc) is 3.14. The fourth-order valence-electron chi connectivity index (χ4n) is 4.02. The fourth-order valence-corrected chi connectivity index (χ4v) is 4.02. The van der Waals surface area contributed by atoms with Gasteiger partial charge in [0.1, 0.15) is 36.6 Å². The van der Waals surface area contributed by atoms with Crippen LogP contribution in [0, 0.1) is 5.82 Å². The molecule has 0 saturated carbocycles. The smallest absolute Gasteiger partial charge is 0.164 e. The topological polar surface area (TPSA) is 127 Å². The van der Waals surface area contributed by atoms with Crippen LogP contribution in [0.15, 0.2) is 30.7 Å². The van der Waals surface area contributed by atoms with Gasteiger partial charge in [-0.3, -0.25) is 0 Å². The predicted octanol–water partition coefficient (Wildman–Crippen LogP) is 0.604. The number of aliphatic hydroxyl groups excluding tert-OH is 3. The maximum atomic E-state index is 14.3. The quantitative estimate of drug-likeness (QED) is 0.519. The summed E-state index contributed by atoms with van der Waals surface area (Å²) in [5.41, 5.74) is 8.86. The summed E-state index contributed by atoms with van der Waals surface area (Å²) in [7, 11) is 0. The molecule has 3 heterocycles. The molecule has 5 rings (SSSR count). The Morgan fingerprint density at radius 2 is 1.96 bits per heavy atom. The summed E-state index contributed by atoms with van der Waals surface area (Å²) in [6, 6.07) is 5.62. The molecule has 28 heavy (non-hydrogen) atoms. The largest absolute Gasteiger partial charge is 0.387 e. The molecular weight excluding hydrogens is 367 g/mol. The minimum atomic E-state index is -1.39. The number of aryl methyl sites for hydroxylation is 2. The first-order valence-electron chi connectivity index (χ1n) is 9.03. The van der Waals surface area contributed by atoms with Gasteiger partial charge in [-0.1, -0.05) is 18.2 Å². The first-order chi connectivity index (χ1) is 13.5. The van der Waals surface area contributed by atoms with Gasteiger partial charge in [0.05, 0.1) is 5.39 Å². The van der Waals surface area contributed by atoms with Crippen LogP contribution >= 0.6 is 0 Å². The van der Waals surface area contributed by atoms with Crippen molar-refractivity contribution in [3.05, 3.63) is 53.2 Å². The van der Waals surface area contributed by atoms with Crippen molar-refractivity contribution in [2.45, 2.75) is 43.5 Å². The van der Waals surface area contributed by atoms with Crippen molar-refractivity contribution in [2.75, 3.05) is 5.73 Å². The van der Waals surface area contributed by atoms with Crippen molar-refractivity contribution in [2.24, 2.45) is 0 Å². The second kappa shape index (κ2) is 6.21. The van der Waals surface area contributed by atoms with E-state index in [0.717, 1.165) is 24.6 Å². The number of rotatable bonds is 3. The van der Waals surface area contributed by atoms with Crippen LogP contribution in [0.25, 0.3) is 11.0 Å². The molecule has 146 valence electrons. The van der Waals surface area contributed by atoms with E-state index in [1.807, 2.05) is 12.1 Å². The zero-order chi connectivity index (χ0) is 19.6. The second-order valence-corrected chi connectivity index (χ2v) is 7.29. The summed E-state index contributed by atoms with van der Waals surface area (Å²) in [5.74, 6) is -0.697. The third-order valence-electron chi connectivity index (χ3n) is 5.69. The predicted molar refractivity (Wildman–Crippen MR) is 96.6 cm³/mol.